The van der Waals surface area contributed by atoms with Gasteiger partial charge in [0.2, 0.25) is 0 Å². The van der Waals surface area contributed by atoms with Crippen molar-refractivity contribution in [1.29, 1.82) is 0 Å². The van der Waals surface area contributed by atoms with Gasteiger partial charge in [0.15, 0.2) is 0 Å². The molecule has 84 valence electrons. The summed E-state index contributed by atoms with van der Waals surface area (Å²) in [6.07, 6.45) is 11.7. The highest BCUT2D eigenvalue weighted by molar-refractivity contribution is 5.59. The summed E-state index contributed by atoms with van der Waals surface area (Å²) in [7, 11) is 0. The van der Waals surface area contributed by atoms with Gasteiger partial charge in [-0.2, -0.15) is 0 Å². The molecule has 0 spiro atoms. The summed E-state index contributed by atoms with van der Waals surface area (Å²) in [5.41, 5.74) is 0. The molecule has 0 saturated heterocycles. The van der Waals surface area contributed by atoms with Crippen molar-refractivity contribution in [1.82, 2.24) is 0 Å². The maximum atomic E-state index is 8.52. The Morgan fingerprint density at radius 2 is 1.50 bits per heavy atom. The fraction of sp³-hybridized carbons (Fsp3) is 0.917. The van der Waals surface area contributed by atoms with Gasteiger partial charge in [0.05, 0.1) is 0 Å². The van der Waals surface area contributed by atoms with Crippen molar-refractivity contribution in [2.24, 2.45) is 11.1 Å². The number of oxime groups is 1. The van der Waals surface area contributed by atoms with Gasteiger partial charge in [0, 0.05) is 6.21 Å². The molecule has 2 nitrogen and oxygen atoms in total. The first-order chi connectivity index (χ1) is 6.85. The molecule has 0 saturated carbocycles. The minimum absolute atomic E-state index is 0.498. The molecule has 0 aliphatic rings. The largest absolute Gasteiger partial charge is 0.411 e. The van der Waals surface area contributed by atoms with E-state index in [2.05, 4.69) is 19.0 Å². The summed E-state index contributed by atoms with van der Waals surface area (Å²) >= 11 is 0. The summed E-state index contributed by atoms with van der Waals surface area (Å²) in [4.78, 5) is 0. The first-order valence-electron chi connectivity index (χ1n) is 6.02. The summed E-state index contributed by atoms with van der Waals surface area (Å²) in [5.74, 6) is 0.498. The van der Waals surface area contributed by atoms with Crippen molar-refractivity contribution in [3.63, 3.8) is 0 Å². The predicted octanol–water partition coefficient (Wildman–Crippen LogP) is 4.22. The topological polar surface area (TPSA) is 32.6 Å². The van der Waals surface area contributed by atoms with E-state index in [0.29, 0.717) is 5.92 Å². The van der Waals surface area contributed by atoms with Gasteiger partial charge in [-0.25, -0.2) is 0 Å². The number of hydrogen-bond donors (Lipinski definition) is 1. The third kappa shape index (κ3) is 8.09. The number of rotatable bonds is 9. The second kappa shape index (κ2) is 10.6. The molecule has 0 bridgehead atoms. The lowest BCUT2D eigenvalue weighted by atomic mass is 9.96. The second-order valence-corrected chi connectivity index (χ2v) is 4.02. The fourth-order valence-corrected chi connectivity index (χ4v) is 1.70. The Morgan fingerprint density at radius 1 is 1.00 bits per heavy atom. The van der Waals surface area contributed by atoms with Crippen LogP contribution in [-0.4, -0.2) is 11.4 Å². The smallest absolute Gasteiger partial charge is 0.0466 e. The lowest BCUT2D eigenvalue weighted by Crippen LogP contribution is -2.02. The molecule has 0 amide bonds. The van der Waals surface area contributed by atoms with Crippen LogP contribution in [0.2, 0.25) is 0 Å². The van der Waals surface area contributed by atoms with Crippen LogP contribution in [0.15, 0.2) is 5.16 Å². The van der Waals surface area contributed by atoms with Crippen LogP contribution < -0.4 is 0 Å². The Balaban J connectivity index is 3.55. The quantitative estimate of drug-likeness (QED) is 0.256. The van der Waals surface area contributed by atoms with Crippen LogP contribution >= 0.6 is 0 Å². The van der Waals surface area contributed by atoms with Crippen LogP contribution in [0.4, 0.5) is 0 Å². The van der Waals surface area contributed by atoms with Gasteiger partial charge < -0.3 is 5.21 Å². The zero-order valence-corrected chi connectivity index (χ0v) is 9.71. The van der Waals surface area contributed by atoms with E-state index in [1.165, 1.54) is 51.4 Å². The lowest BCUT2D eigenvalue weighted by molar-refractivity contribution is 0.316. The molecular formula is C12H25NO. The molecule has 0 atom stereocenters. The van der Waals surface area contributed by atoms with E-state index in [9.17, 15) is 0 Å². The first kappa shape index (κ1) is 13.5. The van der Waals surface area contributed by atoms with Crippen LogP contribution in [0.3, 0.4) is 0 Å². The van der Waals surface area contributed by atoms with Gasteiger partial charge in [0.1, 0.15) is 0 Å². The van der Waals surface area contributed by atoms with Crippen molar-refractivity contribution < 1.29 is 5.21 Å². The average molecular weight is 199 g/mol. The van der Waals surface area contributed by atoms with Crippen molar-refractivity contribution in [3.8, 4) is 0 Å². The van der Waals surface area contributed by atoms with Crippen LogP contribution in [-0.2, 0) is 0 Å². The van der Waals surface area contributed by atoms with E-state index < -0.39 is 0 Å². The van der Waals surface area contributed by atoms with Gasteiger partial charge in [0.25, 0.3) is 0 Å². The third-order valence-corrected chi connectivity index (χ3v) is 2.63. The van der Waals surface area contributed by atoms with E-state index >= 15 is 0 Å². The summed E-state index contributed by atoms with van der Waals surface area (Å²) in [6.45, 7) is 4.43. The van der Waals surface area contributed by atoms with Crippen LogP contribution in [0.5, 0.6) is 0 Å². The molecule has 0 heterocycles. The Hall–Kier alpha value is -0.530. The minimum Gasteiger partial charge on any atom is -0.411 e. The van der Waals surface area contributed by atoms with E-state index in [4.69, 9.17) is 5.21 Å². The summed E-state index contributed by atoms with van der Waals surface area (Å²) < 4.78 is 0. The Bertz CT molecular complexity index is 124. The molecule has 0 fully saturated rings. The summed E-state index contributed by atoms with van der Waals surface area (Å²) in [5, 5.41) is 11.7. The SMILES string of the molecule is CCCCCC(C=NO)CCCCC. The number of hydrogen-bond acceptors (Lipinski definition) is 2. The highest BCUT2D eigenvalue weighted by atomic mass is 16.4. The van der Waals surface area contributed by atoms with Gasteiger partial charge in [-0.05, 0) is 18.8 Å². The Kier molecular flexibility index (Phi) is 10.2. The summed E-state index contributed by atoms with van der Waals surface area (Å²) in [6, 6.07) is 0. The second-order valence-electron chi connectivity index (χ2n) is 4.02. The predicted molar refractivity (Wildman–Crippen MR) is 62.1 cm³/mol. The zero-order chi connectivity index (χ0) is 10.6. The third-order valence-electron chi connectivity index (χ3n) is 2.63. The standard InChI is InChI=1S/C12H25NO/c1-3-5-7-9-12(11-13-14)10-8-6-4-2/h11-12,14H,3-10H2,1-2H3. The molecule has 1 N–H and O–H groups in total. The van der Waals surface area contributed by atoms with E-state index in [1.807, 2.05) is 0 Å². The van der Waals surface area contributed by atoms with E-state index in [1.54, 1.807) is 6.21 Å². The normalized spacial score (nSPS) is 11.6. The fourth-order valence-electron chi connectivity index (χ4n) is 1.70. The van der Waals surface area contributed by atoms with Crippen LogP contribution in [0.25, 0.3) is 0 Å². The van der Waals surface area contributed by atoms with Crippen molar-refractivity contribution >= 4 is 6.21 Å². The van der Waals surface area contributed by atoms with Crippen molar-refractivity contribution in [2.75, 3.05) is 0 Å². The highest BCUT2D eigenvalue weighted by Crippen LogP contribution is 2.15. The average Bonchev–Trinajstić information content (AvgIpc) is 2.18. The van der Waals surface area contributed by atoms with Crippen LogP contribution in [0.1, 0.15) is 65.2 Å². The van der Waals surface area contributed by atoms with Gasteiger partial charge in [-0.15, -0.1) is 5.16 Å². The molecule has 0 aliphatic heterocycles. The number of nitrogens with zero attached hydrogens (tertiary/aromatic N) is 1. The van der Waals surface area contributed by atoms with Gasteiger partial charge in [-0.3, -0.25) is 0 Å². The molecule has 2 heteroatoms. The maximum Gasteiger partial charge on any atom is 0.0466 e. The monoisotopic (exact) mass is 199 g/mol. The zero-order valence-electron chi connectivity index (χ0n) is 9.71. The van der Waals surface area contributed by atoms with E-state index in [-0.39, 0.29) is 0 Å². The lowest BCUT2D eigenvalue weighted by Gasteiger charge is -2.10. The molecule has 14 heavy (non-hydrogen) atoms. The maximum absolute atomic E-state index is 8.52. The van der Waals surface area contributed by atoms with Crippen molar-refractivity contribution in [3.05, 3.63) is 0 Å². The molecule has 0 unspecified atom stereocenters. The first-order valence-corrected chi connectivity index (χ1v) is 6.02. The minimum atomic E-state index is 0.498. The highest BCUT2D eigenvalue weighted by Gasteiger charge is 2.05. The molecule has 0 rings (SSSR count). The molecular weight excluding hydrogens is 174 g/mol. The molecule has 0 aromatic rings. The van der Waals surface area contributed by atoms with Crippen molar-refractivity contribution in [2.45, 2.75) is 65.2 Å². The molecule has 0 aromatic carbocycles. The Labute approximate surface area is 88.4 Å². The van der Waals surface area contributed by atoms with E-state index in [0.717, 1.165) is 0 Å². The van der Waals surface area contributed by atoms with Gasteiger partial charge >= 0.3 is 0 Å². The van der Waals surface area contributed by atoms with Gasteiger partial charge in [-0.1, -0.05) is 52.4 Å². The Morgan fingerprint density at radius 3 is 1.86 bits per heavy atom. The van der Waals surface area contributed by atoms with Crippen LogP contribution in [0, 0.1) is 5.92 Å². The molecule has 0 aromatic heterocycles. The number of unbranched alkanes of at least 4 members (excludes halogenated alkanes) is 4. The molecule has 0 radical (unpaired) electrons. The molecule has 0 aliphatic carbocycles.